The van der Waals surface area contributed by atoms with Crippen LogP contribution in [-0.4, -0.2) is 50.9 Å². The highest BCUT2D eigenvalue weighted by atomic mass is 32.1. The van der Waals surface area contributed by atoms with Crippen LogP contribution in [0.1, 0.15) is 35.4 Å². The Bertz CT molecular complexity index is 1160. The maximum atomic E-state index is 12.6. The van der Waals surface area contributed by atoms with E-state index in [4.69, 9.17) is 17.4 Å². The molecular weight excluding hydrogens is 483 g/mol. The van der Waals surface area contributed by atoms with Crippen LogP contribution in [-0.2, 0) is 6.54 Å². The van der Waals surface area contributed by atoms with Gasteiger partial charge in [-0.3, -0.25) is 4.79 Å². The van der Waals surface area contributed by atoms with Crippen LogP contribution in [0.5, 0.6) is 11.5 Å². The van der Waals surface area contributed by atoms with E-state index in [-0.39, 0.29) is 41.6 Å². The Balaban J connectivity index is 1.27. The van der Waals surface area contributed by atoms with E-state index >= 15 is 0 Å². The lowest BCUT2D eigenvalue weighted by Crippen LogP contribution is -2.34. The first-order valence-corrected chi connectivity index (χ1v) is 11.5. The van der Waals surface area contributed by atoms with E-state index in [0.717, 1.165) is 12.2 Å². The number of rotatable bonds is 8. The number of carbonyl (C=O) groups excluding carboxylic acids is 1. The zero-order chi connectivity index (χ0) is 25.0. The van der Waals surface area contributed by atoms with E-state index in [9.17, 15) is 18.0 Å². The van der Waals surface area contributed by atoms with Gasteiger partial charge in [0.1, 0.15) is 12.1 Å². The lowest BCUT2D eigenvalue weighted by atomic mass is 10.0. The smallest absolute Gasteiger partial charge is 0.489 e. The number of alkyl halides is 3. The molecule has 2 aromatic heterocycles. The summed E-state index contributed by atoms with van der Waals surface area (Å²) in [5, 5.41) is 4.11. The van der Waals surface area contributed by atoms with Gasteiger partial charge in [-0.05, 0) is 42.7 Å². The highest BCUT2D eigenvalue weighted by Gasteiger charge is 2.31. The molecule has 0 fully saturated rings. The topological polar surface area (TPSA) is 82.4 Å². The molecule has 1 aliphatic rings. The first-order valence-electron chi connectivity index (χ1n) is 11.0. The third-order valence-electron chi connectivity index (χ3n) is 5.62. The molecule has 0 bridgehead atoms. The second-order valence-electron chi connectivity index (χ2n) is 8.19. The van der Waals surface area contributed by atoms with Crippen molar-refractivity contribution in [3.05, 3.63) is 60.3 Å². The Kier molecular flexibility index (Phi) is 7.48. The molecule has 186 valence electrons. The van der Waals surface area contributed by atoms with Gasteiger partial charge in [0, 0.05) is 25.6 Å². The number of nitrogens with zero attached hydrogens (tertiary/aromatic N) is 5. The molecule has 0 saturated carbocycles. The summed E-state index contributed by atoms with van der Waals surface area (Å²) in [4.78, 5) is 23.0. The van der Waals surface area contributed by atoms with Crippen molar-refractivity contribution in [2.24, 2.45) is 5.92 Å². The molecule has 0 radical (unpaired) electrons. The fourth-order valence-electron chi connectivity index (χ4n) is 3.84. The highest BCUT2D eigenvalue weighted by molar-refractivity contribution is 7.81. The summed E-state index contributed by atoms with van der Waals surface area (Å²) in [6.07, 6.45) is 0.0242. The predicted octanol–water partition coefficient (Wildman–Crippen LogP) is 4.37. The maximum Gasteiger partial charge on any atom is 0.573 e. The Labute approximate surface area is 205 Å². The van der Waals surface area contributed by atoms with Gasteiger partial charge in [-0.2, -0.15) is 12.6 Å². The molecular formula is C23H24F3N5O3S. The summed E-state index contributed by atoms with van der Waals surface area (Å²) in [7, 11) is 1.92. The third-order valence-corrected chi connectivity index (χ3v) is 6.39. The van der Waals surface area contributed by atoms with Crippen LogP contribution in [0.4, 0.5) is 19.0 Å². The molecule has 1 aromatic carbocycles. The van der Waals surface area contributed by atoms with Crippen molar-refractivity contribution in [2.45, 2.75) is 37.5 Å². The van der Waals surface area contributed by atoms with Crippen molar-refractivity contribution in [2.75, 3.05) is 18.6 Å². The number of aromatic nitrogens is 4. The number of benzene rings is 1. The van der Waals surface area contributed by atoms with Gasteiger partial charge in [0.2, 0.25) is 11.6 Å². The minimum Gasteiger partial charge on any atom is -0.489 e. The number of thiol groups is 1. The van der Waals surface area contributed by atoms with E-state index in [1.165, 1.54) is 35.3 Å². The number of fused-ring (bicyclic) bond motifs is 1. The molecule has 3 aromatic rings. The molecule has 35 heavy (non-hydrogen) atoms. The number of anilines is 1. The molecule has 2 unspecified atom stereocenters. The molecule has 8 nitrogen and oxygen atoms in total. The fraction of sp³-hybridized carbons (Fsp3) is 0.391. The molecule has 0 spiro atoms. The standard InChI is InChI=1S/C23H24F3N5O3S/c1-30-21-19(6-3-11-27-21)33-13-16(22(30)35)4-2-5-18(32)20-28-14-31(29-20)12-15-7-9-17(10-8-15)34-23(24,25)26/h3,6-11,14,16,22,35H,2,4-5,12-13H2,1H3. The van der Waals surface area contributed by atoms with Crippen LogP contribution >= 0.6 is 12.6 Å². The molecule has 4 rings (SSSR count). The number of Topliss-reactive ketones (excluding diaryl/α,β-unsaturated/α-hetero) is 1. The molecule has 1 aliphatic heterocycles. The summed E-state index contributed by atoms with van der Waals surface area (Å²) in [6.45, 7) is 0.735. The maximum absolute atomic E-state index is 12.6. The zero-order valence-electron chi connectivity index (χ0n) is 18.9. The van der Waals surface area contributed by atoms with Crippen molar-refractivity contribution in [1.29, 1.82) is 0 Å². The van der Waals surface area contributed by atoms with Gasteiger partial charge in [-0.25, -0.2) is 14.6 Å². The Morgan fingerprint density at radius 1 is 1.23 bits per heavy atom. The molecule has 0 aliphatic carbocycles. The summed E-state index contributed by atoms with van der Waals surface area (Å²) in [6, 6.07) is 9.14. The van der Waals surface area contributed by atoms with E-state index < -0.39 is 6.36 Å². The SMILES string of the molecule is CN1c2ncccc2OCC(CCCC(=O)c2ncn(Cc3ccc(OC(F)(F)F)cc3)n2)C1S. The van der Waals surface area contributed by atoms with Gasteiger partial charge >= 0.3 is 6.36 Å². The quantitative estimate of drug-likeness (QED) is 0.358. The number of pyridine rings is 1. The number of ketones is 1. The van der Waals surface area contributed by atoms with Crippen molar-refractivity contribution < 1.29 is 27.4 Å². The lowest BCUT2D eigenvalue weighted by molar-refractivity contribution is -0.274. The van der Waals surface area contributed by atoms with Crippen LogP contribution in [0, 0.1) is 5.92 Å². The molecule has 0 saturated heterocycles. The summed E-state index contributed by atoms with van der Waals surface area (Å²) in [5.41, 5.74) is 0.691. The van der Waals surface area contributed by atoms with Gasteiger partial charge < -0.3 is 14.4 Å². The third kappa shape index (κ3) is 6.44. The van der Waals surface area contributed by atoms with Gasteiger partial charge in [0.15, 0.2) is 11.6 Å². The number of hydrogen-bond acceptors (Lipinski definition) is 8. The average molecular weight is 508 g/mol. The number of carbonyl (C=O) groups is 1. The minimum absolute atomic E-state index is 0.0974. The summed E-state index contributed by atoms with van der Waals surface area (Å²) < 4.78 is 48.1. The van der Waals surface area contributed by atoms with Crippen LogP contribution in [0.3, 0.4) is 0 Å². The predicted molar refractivity (Wildman–Crippen MR) is 125 cm³/mol. The van der Waals surface area contributed by atoms with Crippen molar-refractivity contribution in [1.82, 2.24) is 19.7 Å². The van der Waals surface area contributed by atoms with Crippen LogP contribution in [0.2, 0.25) is 0 Å². The van der Waals surface area contributed by atoms with Crippen molar-refractivity contribution >= 4 is 24.2 Å². The Hall–Kier alpha value is -3.28. The van der Waals surface area contributed by atoms with Crippen molar-refractivity contribution in [3.63, 3.8) is 0 Å². The molecule has 2 atom stereocenters. The Morgan fingerprint density at radius 2 is 2.00 bits per heavy atom. The van der Waals surface area contributed by atoms with E-state index in [0.29, 0.717) is 24.3 Å². The summed E-state index contributed by atoms with van der Waals surface area (Å²) >= 11 is 4.75. The Morgan fingerprint density at radius 3 is 2.74 bits per heavy atom. The van der Waals surface area contributed by atoms with E-state index in [1.54, 1.807) is 6.20 Å². The van der Waals surface area contributed by atoms with Crippen LogP contribution in [0.15, 0.2) is 48.9 Å². The molecule has 12 heteroatoms. The monoisotopic (exact) mass is 507 g/mol. The number of ether oxygens (including phenoxy) is 2. The zero-order valence-corrected chi connectivity index (χ0v) is 19.7. The number of halogens is 3. The largest absolute Gasteiger partial charge is 0.573 e. The van der Waals surface area contributed by atoms with E-state index in [2.05, 4.69) is 19.8 Å². The normalized spacial score (nSPS) is 17.9. The highest BCUT2D eigenvalue weighted by Crippen LogP contribution is 2.34. The van der Waals surface area contributed by atoms with Gasteiger partial charge in [-0.1, -0.05) is 12.1 Å². The van der Waals surface area contributed by atoms with Gasteiger partial charge in [-0.15, -0.1) is 18.3 Å². The first kappa shape index (κ1) is 24.8. The second kappa shape index (κ2) is 10.5. The number of hydrogen-bond donors (Lipinski definition) is 1. The molecule has 0 N–H and O–H groups in total. The van der Waals surface area contributed by atoms with Gasteiger partial charge in [0.25, 0.3) is 0 Å². The summed E-state index contributed by atoms with van der Waals surface area (Å²) in [5.74, 6) is 1.18. The molecule has 0 amide bonds. The van der Waals surface area contributed by atoms with E-state index in [1.807, 2.05) is 24.1 Å². The van der Waals surface area contributed by atoms with Crippen LogP contribution < -0.4 is 14.4 Å². The fourth-order valence-corrected chi connectivity index (χ4v) is 4.18. The average Bonchev–Trinajstić information content (AvgIpc) is 3.25. The van der Waals surface area contributed by atoms with Crippen molar-refractivity contribution in [3.8, 4) is 11.5 Å². The minimum atomic E-state index is -4.74. The molecule has 3 heterocycles. The lowest BCUT2D eigenvalue weighted by Gasteiger charge is -2.28. The second-order valence-corrected chi connectivity index (χ2v) is 8.72. The first-order chi connectivity index (χ1) is 16.7. The van der Waals surface area contributed by atoms with Gasteiger partial charge in [0.05, 0.1) is 18.5 Å². The van der Waals surface area contributed by atoms with Crippen LogP contribution in [0.25, 0.3) is 0 Å².